The zero-order valence-corrected chi connectivity index (χ0v) is 14.6. The Hall–Kier alpha value is 0.1000. The van der Waals surface area contributed by atoms with Crippen LogP contribution in [0.3, 0.4) is 0 Å². The van der Waals surface area contributed by atoms with Gasteiger partial charge in [-0.25, -0.2) is 0 Å². The molecule has 2 rings (SSSR count). The van der Waals surface area contributed by atoms with Gasteiger partial charge >= 0.3 is 0 Å². The Balaban J connectivity index is 1.80. The smallest absolute Gasteiger partial charge is 0.0320 e. The van der Waals surface area contributed by atoms with E-state index in [1.807, 2.05) is 7.05 Å². The van der Waals surface area contributed by atoms with Gasteiger partial charge in [-0.3, -0.25) is 4.90 Å². The second kappa shape index (κ2) is 7.77. The van der Waals surface area contributed by atoms with Crippen molar-refractivity contribution in [3.05, 3.63) is 32.7 Å². The van der Waals surface area contributed by atoms with Crippen molar-refractivity contribution in [2.75, 3.05) is 26.7 Å². The summed E-state index contributed by atoms with van der Waals surface area (Å²) in [6.45, 7) is 4.71. The molecule has 0 bridgehead atoms. The maximum Gasteiger partial charge on any atom is 0.0320 e. The maximum absolute atomic E-state index is 3.58. The number of nitrogens with one attached hydrogen (secondary N) is 1. The molecule has 0 radical (unpaired) electrons. The zero-order chi connectivity index (χ0) is 13.7. The number of benzene rings is 1. The maximum atomic E-state index is 3.58. The van der Waals surface area contributed by atoms with Crippen molar-refractivity contribution < 1.29 is 0 Å². The Morgan fingerprint density at radius 2 is 1.95 bits per heavy atom. The summed E-state index contributed by atoms with van der Waals surface area (Å²) in [5.41, 5.74) is 1.39. The summed E-state index contributed by atoms with van der Waals surface area (Å²) >= 11 is 7.10. The molecule has 0 aliphatic carbocycles. The zero-order valence-electron chi connectivity index (χ0n) is 11.5. The third-order valence-electron chi connectivity index (χ3n) is 3.90. The first-order chi connectivity index (χ1) is 9.19. The van der Waals surface area contributed by atoms with Gasteiger partial charge in [0.15, 0.2) is 0 Å². The second-order valence-corrected chi connectivity index (χ2v) is 7.07. The van der Waals surface area contributed by atoms with Crippen LogP contribution < -0.4 is 5.32 Å². The van der Waals surface area contributed by atoms with Gasteiger partial charge in [-0.2, -0.15) is 0 Å². The number of piperidine rings is 1. The van der Waals surface area contributed by atoms with Crippen LogP contribution in [0.2, 0.25) is 0 Å². The number of hydrogen-bond donors (Lipinski definition) is 1. The summed E-state index contributed by atoms with van der Waals surface area (Å²) in [5.74, 6) is 0.917. The van der Waals surface area contributed by atoms with Crippen molar-refractivity contribution in [2.45, 2.75) is 25.8 Å². The van der Waals surface area contributed by atoms with Gasteiger partial charge < -0.3 is 5.32 Å². The van der Waals surface area contributed by atoms with Crippen LogP contribution in [0, 0.1) is 5.92 Å². The van der Waals surface area contributed by atoms with Crippen molar-refractivity contribution >= 4 is 31.9 Å². The molecule has 1 aliphatic rings. The molecule has 1 N–H and O–H groups in total. The number of rotatable bonds is 5. The predicted octanol–water partition coefficient (Wildman–Crippen LogP) is 4.03. The van der Waals surface area contributed by atoms with E-state index in [4.69, 9.17) is 0 Å². The van der Waals surface area contributed by atoms with Crippen LogP contribution in [0.5, 0.6) is 0 Å². The van der Waals surface area contributed by atoms with Crippen LogP contribution in [0.15, 0.2) is 27.1 Å². The van der Waals surface area contributed by atoms with Gasteiger partial charge in [0.1, 0.15) is 0 Å². The second-order valence-electron chi connectivity index (χ2n) is 5.36. The highest BCUT2D eigenvalue weighted by molar-refractivity contribution is 9.13. The number of nitrogens with zero attached hydrogens (tertiary/aromatic N) is 1. The molecule has 1 aromatic carbocycles. The molecule has 19 heavy (non-hydrogen) atoms. The van der Waals surface area contributed by atoms with Gasteiger partial charge in [-0.1, -0.05) is 6.07 Å². The number of halogens is 2. The van der Waals surface area contributed by atoms with Crippen molar-refractivity contribution in [3.63, 3.8) is 0 Å². The molecule has 0 unspecified atom stereocenters. The van der Waals surface area contributed by atoms with Crippen molar-refractivity contribution in [1.29, 1.82) is 0 Å². The van der Waals surface area contributed by atoms with E-state index in [1.165, 1.54) is 37.9 Å². The molecule has 1 fully saturated rings. The van der Waals surface area contributed by atoms with E-state index in [-0.39, 0.29) is 0 Å². The minimum Gasteiger partial charge on any atom is -0.320 e. The van der Waals surface area contributed by atoms with E-state index in [0.717, 1.165) is 28.0 Å². The van der Waals surface area contributed by atoms with E-state index in [1.54, 1.807) is 0 Å². The summed E-state index contributed by atoms with van der Waals surface area (Å²) < 4.78 is 2.27. The first-order valence-electron chi connectivity index (χ1n) is 7.00. The molecule has 2 nitrogen and oxygen atoms in total. The van der Waals surface area contributed by atoms with Gasteiger partial charge in [0.2, 0.25) is 0 Å². The summed E-state index contributed by atoms with van der Waals surface area (Å²) in [5, 5.41) is 3.25. The van der Waals surface area contributed by atoms with Crippen molar-refractivity contribution in [2.24, 2.45) is 5.92 Å². The first-order valence-corrected chi connectivity index (χ1v) is 8.58. The molecule has 106 valence electrons. The number of likely N-dealkylation sites (tertiary alicyclic amines) is 1. The molecule has 1 aliphatic heterocycles. The van der Waals surface area contributed by atoms with Crippen LogP contribution in [0.1, 0.15) is 24.8 Å². The average molecular weight is 390 g/mol. The van der Waals surface area contributed by atoms with Gasteiger partial charge in [-0.15, -0.1) is 0 Å². The van der Waals surface area contributed by atoms with E-state index < -0.39 is 0 Å². The first kappa shape index (κ1) is 15.5. The molecule has 0 aromatic heterocycles. The monoisotopic (exact) mass is 388 g/mol. The molecule has 1 aromatic rings. The summed E-state index contributed by atoms with van der Waals surface area (Å²) in [7, 11) is 2.04. The summed E-state index contributed by atoms with van der Waals surface area (Å²) in [4.78, 5) is 2.57. The fourth-order valence-corrected chi connectivity index (χ4v) is 3.35. The standard InChI is InChI=1S/C15H22Br2N2/c1-18-7-4-12-5-8-19(9-6-12)11-13-2-3-14(16)15(17)10-13/h2-3,10,12,18H,4-9,11H2,1H3. The third kappa shape index (κ3) is 4.85. The van der Waals surface area contributed by atoms with E-state index >= 15 is 0 Å². The lowest BCUT2D eigenvalue weighted by Gasteiger charge is -2.32. The van der Waals surface area contributed by atoms with Crippen LogP contribution in [0.4, 0.5) is 0 Å². The van der Waals surface area contributed by atoms with Crippen LogP contribution in [0.25, 0.3) is 0 Å². The molecular formula is C15H22Br2N2. The van der Waals surface area contributed by atoms with Gasteiger partial charge in [0.05, 0.1) is 0 Å². The Bertz CT molecular complexity index is 401. The minimum absolute atomic E-state index is 0.917. The SMILES string of the molecule is CNCCC1CCN(Cc2ccc(Br)c(Br)c2)CC1. The minimum atomic E-state index is 0.917. The lowest BCUT2D eigenvalue weighted by molar-refractivity contribution is 0.172. The fourth-order valence-electron chi connectivity index (χ4n) is 2.68. The predicted molar refractivity (Wildman–Crippen MR) is 88.4 cm³/mol. The van der Waals surface area contributed by atoms with Crippen molar-refractivity contribution in [1.82, 2.24) is 10.2 Å². The quantitative estimate of drug-likeness (QED) is 0.817. The highest BCUT2D eigenvalue weighted by Gasteiger charge is 2.18. The summed E-state index contributed by atoms with van der Waals surface area (Å²) in [6, 6.07) is 6.55. The van der Waals surface area contributed by atoms with Crippen LogP contribution in [-0.4, -0.2) is 31.6 Å². The Morgan fingerprint density at radius 3 is 2.58 bits per heavy atom. The third-order valence-corrected chi connectivity index (χ3v) is 5.78. The Morgan fingerprint density at radius 1 is 1.21 bits per heavy atom. The largest absolute Gasteiger partial charge is 0.320 e. The molecule has 0 amide bonds. The molecule has 0 saturated carbocycles. The van der Waals surface area contributed by atoms with E-state index in [2.05, 4.69) is 60.3 Å². The Kier molecular flexibility index (Phi) is 6.33. The van der Waals surface area contributed by atoms with E-state index in [9.17, 15) is 0 Å². The van der Waals surface area contributed by atoms with E-state index in [0.29, 0.717) is 0 Å². The number of hydrogen-bond acceptors (Lipinski definition) is 2. The van der Waals surface area contributed by atoms with Gasteiger partial charge in [0, 0.05) is 15.5 Å². The highest BCUT2D eigenvalue weighted by atomic mass is 79.9. The highest BCUT2D eigenvalue weighted by Crippen LogP contribution is 2.26. The van der Waals surface area contributed by atoms with Gasteiger partial charge in [0.25, 0.3) is 0 Å². The van der Waals surface area contributed by atoms with Crippen LogP contribution in [-0.2, 0) is 6.54 Å². The topological polar surface area (TPSA) is 15.3 Å². The summed E-state index contributed by atoms with van der Waals surface area (Å²) in [6.07, 6.45) is 4.02. The molecule has 1 saturated heterocycles. The molecule has 0 atom stereocenters. The normalized spacial score (nSPS) is 17.8. The lowest BCUT2D eigenvalue weighted by Crippen LogP contribution is -2.34. The van der Waals surface area contributed by atoms with Gasteiger partial charge in [-0.05, 0) is 101 Å². The molecular weight excluding hydrogens is 368 g/mol. The fraction of sp³-hybridized carbons (Fsp3) is 0.600. The van der Waals surface area contributed by atoms with Crippen molar-refractivity contribution in [3.8, 4) is 0 Å². The molecule has 1 heterocycles. The Labute approximate surface area is 133 Å². The average Bonchev–Trinajstić information content (AvgIpc) is 2.42. The molecule has 0 spiro atoms. The molecule has 4 heteroatoms. The van der Waals surface area contributed by atoms with Crippen LogP contribution >= 0.6 is 31.9 Å². The lowest BCUT2D eigenvalue weighted by atomic mass is 9.93.